The van der Waals surface area contributed by atoms with Crippen LogP contribution in [0.5, 0.6) is 0 Å². The number of aliphatic imine (C=N–C) groups is 1. The second-order valence-electron chi connectivity index (χ2n) is 5.04. The Hall–Kier alpha value is -1.42. The lowest BCUT2D eigenvalue weighted by Crippen LogP contribution is -2.39. The molecule has 0 aromatic carbocycles. The first-order valence-electron chi connectivity index (χ1n) is 7.63. The number of rotatable bonds is 6. The minimum atomic E-state index is 0.522. The van der Waals surface area contributed by atoms with E-state index in [1.54, 1.807) is 5.57 Å². The normalized spacial score (nSPS) is 17.6. The van der Waals surface area contributed by atoms with Crippen LogP contribution in [-0.2, 0) is 0 Å². The maximum Gasteiger partial charge on any atom is 0.126 e. The standard InChI is InChI=1S/C16H28N4/c1-4-7-14-8-11-20(12-9-14)13-15(17)19-16(6-3)18-10-5-2/h6-7,10H,4-5,8-9,11-13H2,1-3H3,(H2,17,19)/b16-6+,18-10?. The molecular formula is C16H28N4. The van der Waals surface area contributed by atoms with E-state index >= 15 is 0 Å². The van der Waals surface area contributed by atoms with Gasteiger partial charge in [0.15, 0.2) is 0 Å². The average Bonchev–Trinajstić information content (AvgIpc) is 2.45. The fraction of sp³-hybridized carbons (Fsp3) is 0.625. The summed E-state index contributed by atoms with van der Waals surface area (Å²) in [6.45, 7) is 8.97. The van der Waals surface area contributed by atoms with E-state index in [0.717, 1.165) is 44.6 Å². The molecule has 1 aliphatic heterocycles. The molecule has 20 heavy (non-hydrogen) atoms. The van der Waals surface area contributed by atoms with E-state index in [0.29, 0.717) is 12.4 Å². The van der Waals surface area contributed by atoms with Crippen LogP contribution < -0.4 is 5.32 Å². The molecule has 4 nitrogen and oxygen atoms in total. The zero-order chi connectivity index (χ0) is 14.8. The second kappa shape index (κ2) is 9.48. The summed E-state index contributed by atoms with van der Waals surface area (Å²) in [6.07, 6.45) is 10.4. The van der Waals surface area contributed by atoms with Crippen molar-refractivity contribution in [2.75, 3.05) is 19.6 Å². The molecule has 0 spiro atoms. The Bertz CT molecular complexity index is 383. The molecule has 0 unspecified atom stereocenters. The molecule has 0 aromatic rings. The summed E-state index contributed by atoms with van der Waals surface area (Å²) >= 11 is 0. The van der Waals surface area contributed by atoms with Gasteiger partial charge in [0.2, 0.25) is 0 Å². The van der Waals surface area contributed by atoms with Gasteiger partial charge in [0, 0.05) is 19.3 Å². The Kier molecular flexibility index (Phi) is 7.88. The molecule has 1 saturated heterocycles. The van der Waals surface area contributed by atoms with Crippen molar-refractivity contribution in [3.63, 3.8) is 0 Å². The zero-order valence-corrected chi connectivity index (χ0v) is 13.1. The second-order valence-corrected chi connectivity index (χ2v) is 5.04. The maximum absolute atomic E-state index is 8.04. The monoisotopic (exact) mass is 276 g/mol. The van der Waals surface area contributed by atoms with E-state index in [4.69, 9.17) is 5.41 Å². The number of likely N-dealkylation sites (tertiary alicyclic amines) is 1. The Morgan fingerprint density at radius 1 is 1.30 bits per heavy atom. The molecule has 1 fully saturated rings. The van der Waals surface area contributed by atoms with Crippen molar-refractivity contribution in [1.82, 2.24) is 10.2 Å². The summed E-state index contributed by atoms with van der Waals surface area (Å²) in [7, 11) is 0. The molecule has 0 saturated carbocycles. The van der Waals surface area contributed by atoms with Crippen LogP contribution in [0.1, 0.15) is 46.5 Å². The quantitative estimate of drug-likeness (QED) is 0.444. The van der Waals surface area contributed by atoms with Crippen molar-refractivity contribution in [1.29, 1.82) is 5.41 Å². The Labute approximate surface area is 123 Å². The number of hydrogen-bond acceptors (Lipinski definition) is 3. The van der Waals surface area contributed by atoms with E-state index in [1.165, 1.54) is 0 Å². The predicted octanol–water partition coefficient (Wildman–Crippen LogP) is 3.33. The molecule has 0 aromatic heterocycles. The number of amidine groups is 1. The Morgan fingerprint density at radius 3 is 2.55 bits per heavy atom. The van der Waals surface area contributed by atoms with Crippen LogP contribution >= 0.6 is 0 Å². The van der Waals surface area contributed by atoms with E-state index in [9.17, 15) is 0 Å². The van der Waals surface area contributed by atoms with Gasteiger partial charge in [-0.2, -0.15) is 0 Å². The predicted molar refractivity (Wildman–Crippen MR) is 87.5 cm³/mol. The average molecular weight is 276 g/mol. The summed E-state index contributed by atoms with van der Waals surface area (Å²) in [6, 6.07) is 0. The zero-order valence-electron chi connectivity index (χ0n) is 13.1. The van der Waals surface area contributed by atoms with Gasteiger partial charge in [0.1, 0.15) is 11.7 Å². The number of nitrogens with one attached hydrogen (secondary N) is 2. The van der Waals surface area contributed by atoms with Gasteiger partial charge < -0.3 is 5.32 Å². The van der Waals surface area contributed by atoms with Crippen LogP contribution in [0, 0.1) is 5.41 Å². The van der Waals surface area contributed by atoms with Crippen LogP contribution in [0.3, 0.4) is 0 Å². The van der Waals surface area contributed by atoms with Crippen LogP contribution in [0.4, 0.5) is 0 Å². The molecule has 0 radical (unpaired) electrons. The molecule has 1 rings (SSSR count). The van der Waals surface area contributed by atoms with Gasteiger partial charge in [-0.1, -0.05) is 25.5 Å². The van der Waals surface area contributed by atoms with Crippen molar-refractivity contribution < 1.29 is 0 Å². The van der Waals surface area contributed by atoms with Gasteiger partial charge >= 0.3 is 0 Å². The summed E-state index contributed by atoms with van der Waals surface area (Å²) in [5.74, 6) is 1.29. The number of allylic oxidation sites excluding steroid dienone is 2. The van der Waals surface area contributed by atoms with Crippen molar-refractivity contribution >= 4 is 12.1 Å². The highest BCUT2D eigenvalue weighted by atomic mass is 15.2. The van der Waals surface area contributed by atoms with Gasteiger partial charge in [0.25, 0.3) is 0 Å². The molecule has 2 N–H and O–H groups in total. The van der Waals surface area contributed by atoms with Gasteiger partial charge in [-0.05, 0) is 38.7 Å². The number of nitrogens with zero attached hydrogens (tertiary/aromatic N) is 2. The molecular weight excluding hydrogens is 248 g/mol. The van der Waals surface area contributed by atoms with Crippen molar-refractivity contribution in [3.8, 4) is 0 Å². The lowest BCUT2D eigenvalue weighted by Gasteiger charge is -2.28. The van der Waals surface area contributed by atoms with Crippen molar-refractivity contribution in [2.45, 2.75) is 46.5 Å². The van der Waals surface area contributed by atoms with Gasteiger partial charge in [-0.15, -0.1) is 0 Å². The third-order valence-electron chi connectivity index (χ3n) is 3.34. The minimum Gasteiger partial charge on any atom is -0.328 e. The summed E-state index contributed by atoms with van der Waals surface area (Å²) in [5.41, 5.74) is 1.57. The molecule has 4 heteroatoms. The van der Waals surface area contributed by atoms with Crippen LogP contribution in [0.25, 0.3) is 0 Å². The number of hydrogen-bond donors (Lipinski definition) is 2. The first-order valence-corrected chi connectivity index (χ1v) is 7.63. The van der Waals surface area contributed by atoms with Gasteiger partial charge in [-0.3, -0.25) is 10.3 Å². The van der Waals surface area contributed by atoms with Gasteiger partial charge in [0.05, 0.1) is 6.54 Å². The highest BCUT2D eigenvalue weighted by Crippen LogP contribution is 2.16. The third-order valence-corrected chi connectivity index (χ3v) is 3.34. The number of piperidine rings is 1. The third kappa shape index (κ3) is 6.15. The van der Waals surface area contributed by atoms with Crippen molar-refractivity contribution in [3.05, 3.63) is 23.5 Å². The molecule has 0 atom stereocenters. The summed E-state index contributed by atoms with van der Waals surface area (Å²) in [4.78, 5) is 6.62. The fourth-order valence-corrected chi connectivity index (χ4v) is 2.28. The van der Waals surface area contributed by atoms with E-state index in [-0.39, 0.29) is 0 Å². The van der Waals surface area contributed by atoms with Gasteiger partial charge in [-0.25, -0.2) is 4.99 Å². The Balaban J connectivity index is 2.36. The molecule has 0 amide bonds. The maximum atomic E-state index is 8.04. The lowest BCUT2D eigenvalue weighted by molar-refractivity contribution is 0.288. The van der Waals surface area contributed by atoms with E-state index in [2.05, 4.69) is 35.1 Å². The summed E-state index contributed by atoms with van der Waals surface area (Å²) < 4.78 is 0. The SMILES string of the molecule is C/C=C(\N=CCC)NC(=N)CN1CCC(=CCC)CC1. The van der Waals surface area contributed by atoms with E-state index < -0.39 is 0 Å². The van der Waals surface area contributed by atoms with Crippen LogP contribution in [-0.4, -0.2) is 36.6 Å². The molecule has 112 valence electrons. The highest BCUT2D eigenvalue weighted by molar-refractivity contribution is 5.82. The fourth-order valence-electron chi connectivity index (χ4n) is 2.28. The molecule has 0 aliphatic carbocycles. The largest absolute Gasteiger partial charge is 0.328 e. The smallest absolute Gasteiger partial charge is 0.126 e. The lowest BCUT2D eigenvalue weighted by atomic mass is 10.0. The first-order chi connectivity index (χ1) is 9.69. The topological polar surface area (TPSA) is 51.5 Å². The minimum absolute atomic E-state index is 0.522. The van der Waals surface area contributed by atoms with E-state index in [1.807, 2.05) is 19.2 Å². The molecule has 1 aliphatic rings. The molecule has 1 heterocycles. The molecule has 0 bridgehead atoms. The highest BCUT2D eigenvalue weighted by Gasteiger charge is 2.14. The van der Waals surface area contributed by atoms with Crippen molar-refractivity contribution in [2.24, 2.45) is 4.99 Å². The Morgan fingerprint density at radius 2 is 2.00 bits per heavy atom. The first kappa shape index (κ1) is 16.6. The van der Waals surface area contributed by atoms with Crippen LogP contribution in [0.2, 0.25) is 0 Å². The van der Waals surface area contributed by atoms with Crippen LogP contribution in [0.15, 0.2) is 28.5 Å². The summed E-state index contributed by atoms with van der Waals surface area (Å²) in [5, 5.41) is 11.1.